The van der Waals surface area contributed by atoms with Gasteiger partial charge in [-0.3, -0.25) is 19.1 Å². The summed E-state index contributed by atoms with van der Waals surface area (Å²) in [6.45, 7) is 7.08. The Labute approximate surface area is 129 Å². The van der Waals surface area contributed by atoms with Crippen LogP contribution in [0.3, 0.4) is 0 Å². The monoisotopic (exact) mass is 306 g/mol. The lowest BCUT2D eigenvalue weighted by Crippen LogP contribution is -2.41. The minimum atomic E-state index is -0.0264. The molecule has 1 fully saturated rings. The Balaban J connectivity index is 1.52. The second-order valence-electron chi connectivity index (χ2n) is 5.55. The number of nitrogens with zero attached hydrogens (tertiary/aromatic N) is 5. The number of amides is 1. The largest absolute Gasteiger partial charge is 0.379 e. The van der Waals surface area contributed by atoms with Crippen molar-refractivity contribution in [2.24, 2.45) is 7.05 Å². The number of aromatic nitrogens is 4. The van der Waals surface area contributed by atoms with Gasteiger partial charge in [-0.25, -0.2) is 0 Å². The van der Waals surface area contributed by atoms with Crippen LogP contribution in [-0.2, 0) is 23.1 Å². The van der Waals surface area contributed by atoms with Gasteiger partial charge in [0, 0.05) is 33.2 Å². The summed E-state index contributed by atoms with van der Waals surface area (Å²) >= 11 is 0. The zero-order chi connectivity index (χ0) is 15.5. The zero-order valence-electron chi connectivity index (χ0n) is 13.1. The molecule has 0 spiro atoms. The molecule has 0 unspecified atom stereocenters. The summed E-state index contributed by atoms with van der Waals surface area (Å²) in [7, 11) is 1.88. The summed E-state index contributed by atoms with van der Waals surface area (Å²) in [6.07, 6.45) is 1.75. The SMILES string of the molecule is Cc1nn(C)c2cnn(CC(=O)NCCN3CCOCC3)c12. The summed E-state index contributed by atoms with van der Waals surface area (Å²) < 4.78 is 8.80. The molecule has 8 nitrogen and oxygen atoms in total. The highest BCUT2D eigenvalue weighted by Crippen LogP contribution is 2.16. The van der Waals surface area contributed by atoms with Gasteiger partial charge in [0.2, 0.25) is 5.91 Å². The number of carbonyl (C=O) groups excluding carboxylic acids is 1. The Morgan fingerprint density at radius 3 is 2.95 bits per heavy atom. The first-order valence-corrected chi connectivity index (χ1v) is 7.57. The van der Waals surface area contributed by atoms with E-state index in [0.29, 0.717) is 6.54 Å². The van der Waals surface area contributed by atoms with E-state index >= 15 is 0 Å². The molecular formula is C14H22N6O2. The van der Waals surface area contributed by atoms with Crippen LogP contribution < -0.4 is 5.32 Å². The van der Waals surface area contributed by atoms with E-state index in [1.54, 1.807) is 15.6 Å². The molecule has 0 radical (unpaired) electrons. The van der Waals surface area contributed by atoms with E-state index in [4.69, 9.17) is 4.74 Å². The highest BCUT2D eigenvalue weighted by molar-refractivity contribution is 5.81. The number of ether oxygens (including phenoxy) is 1. The summed E-state index contributed by atoms with van der Waals surface area (Å²) in [5, 5.41) is 11.6. The van der Waals surface area contributed by atoms with Gasteiger partial charge in [0.25, 0.3) is 0 Å². The van der Waals surface area contributed by atoms with Crippen LogP contribution in [-0.4, -0.2) is 69.8 Å². The van der Waals surface area contributed by atoms with Crippen molar-refractivity contribution in [3.63, 3.8) is 0 Å². The van der Waals surface area contributed by atoms with Crippen LogP contribution >= 0.6 is 0 Å². The van der Waals surface area contributed by atoms with Gasteiger partial charge in [0.1, 0.15) is 17.6 Å². The van der Waals surface area contributed by atoms with Crippen LogP contribution in [0.15, 0.2) is 6.20 Å². The highest BCUT2D eigenvalue weighted by Gasteiger charge is 2.14. The van der Waals surface area contributed by atoms with Crippen LogP contribution in [0.25, 0.3) is 11.0 Å². The van der Waals surface area contributed by atoms with Crippen molar-refractivity contribution in [3.05, 3.63) is 11.9 Å². The Hall–Kier alpha value is -1.93. The molecule has 1 N–H and O–H groups in total. The minimum Gasteiger partial charge on any atom is -0.379 e. The fraction of sp³-hybridized carbons (Fsp3) is 0.643. The fourth-order valence-corrected chi connectivity index (χ4v) is 2.80. The molecule has 2 aromatic heterocycles. The van der Waals surface area contributed by atoms with E-state index in [0.717, 1.165) is 49.6 Å². The van der Waals surface area contributed by atoms with Gasteiger partial charge in [-0.15, -0.1) is 0 Å². The van der Waals surface area contributed by atoms with E-state index in [1.807, 2.05) is 14.0 Å². The van der Waals surface area contributed by atoms with E-state index in [-0.39, 0.29) is 12.5 Å². The van der Waals surface area contributed by atoms with Crippen LogP contribution in [0, 0.1) is 6.92 Å². The molecule has 2 aromatic rings. The van der Waals surface area contributed by atoms with Crippen molar-refractivity contribution >= 4 is 16.9 Å². The molecule has 1 aliphatic rings. The van der Waals surface area contributed by atoms with E-state index in [1.165, 1.54) is 0 Å². The van der Waals surface area contributed by atoms with Gasteiger partial charge < -0.3 is 10.1 Å². The standard InChI is InChI=1S/C14H22N6O2/c1-11-14-12(18(2)17-11)9-16-20(14)10-13(21)15-3-4-19-5-7-22-8-6-19/h9H,3-8,10H2,1-2H3,(H,15,21). The number of hydrogen-bond donors (Lipinski definition) is 1. The normalized spacial score (nSPS) is 16.3. The Morgan fingerprint density at radius 1 is 1.41 bits per heavy atom. The first-order chi connectivity index (χ1) is 10.6. The van der Waals surface area contributed by atoms with Crippen molar-refractivity contribution in [3.8, 4) is 0 Å². The zero-order valence-corrected chi connectivity index (χ0v) is 13.1. The third-order valence-corrected chi connectivity index (χ3v) is 3.96. The average Bonchev–Trinajstić information content (AvgIpc) is 3.03. The molecule has 0 atom stereocenters. The molecule has 8 heteroatoms. The molecule has 1 saturated heterocycles. The molecule has 1 amide bonds. The van der Waals surface area contributed by atoms with Gasteiger partial charge >= 0.3 is 0 Å². The minimum absolute atomic E-state index is 0.0264. The number of fused-ring (bicyclic) bond motifs is 1. The lowest BCUT2D eigenvalue weighted by atomic mass is 10.4. The van der Waals surface area contributed by atoms with Gasteiger partial charge in [0.15, 0.2) is 0 Å². The van der Waals surface area contributed by atoms with Gasteiger partial charge in [-0.05, 0) is 6.92 Å². The fourth-order valence-electron chi connectivity index (χ4n) is 2.80. The van der Waals surface area contributed by atoms with Gasteiger partial charge in [-0.2, -0.15) is 10.2 Å². The third kappa shape index (κ3) is 3.12. The first kappa shape index (κ1) is 15.0. The lowest BCUT2D eigenvalue weighted by molar-refractivity contribution is -0.121. The Kier molecular flexibility index (Phi) is 4.39. The molecule has 22 heavy (non-hydrogen) atoms. The predicted molar refractivity (Wildman–Crippen MR) is 81.5 cm³/mol. The summed E-state index contributed by atoms with van der Waals surface area (Å²) in [4.78, 5) is 14.4. The number of morpholine rings is 1. The molecule has 1 aliphatic heterocycles. The Bertz CT molecular complexity index is 656. The van der Waals surface area contributed by atoms with Crippen LogP contribution in [0.4, 0.5) is 0 Å². The lowest BCUT2D eigenvalue weighted by Gasteiger charge is -2.26. The van der Waals surface area contributed by atoms with Crippen LogP contribution in [0.5, 0.6) is 0 Å². The maximum absolute atomic E-state index is 12.1. The molecule has 0 bridgehead atoms. The molecule has 0 aliphatic carbocycles. The third-order valence-electron chi connectivity index (χ3n) is 3.96. The summed E-state index contributed by atoms with van der Waals surface area (Å²) in [6, 6.07) is 0. The number of rotatable bonds is 5. The van der Waals surface area contributed by atoms with Crippen molar-refractivity contribution < 1.29 is 9.53 Å². The summed E-state index contributed by atoms with van der Waals surface area (Å²) in [5.74, 6) is -0.0264. The Morgan fingerprint density at radius 2 is 2.18 bits per heavy atom. The molecule has 3 rings (SSSR count). The van der Waals surface area contributed by atoms with E-state index in [9.17, 15) is 4.79 Å². The van der Waals surface area contributed by atoms with E-state index in [2.05, 4.69) is 20.4 Å². The number of hydrogen-bond acceptors (Lipinski definition) is 5. The van der Waals surface area contributed by atoms with Crippen molar-refractivity contribution in [2.45, 2.75) is 13.5 Å². The topological polar surface area (TPSA) is 77.2 Å². The molecule has 0 saturated carbocycles. The van der Waals surface area contributed by atoms with Crippen LogP contribution in [0.1, 0.15) is 5.69 Å². The first-order valence-electron chi connectivity index (χ1n) is 7.57. The second kappa shape index (κ2) is 6.45. The molecule has 0 aromatic carbocycles. The second-order valence-corrected chi connectivity index (χ2v) is 5.55. The number of nitrogens with one attached hydrogen (secondary N) is 1. The molecule has 3 heterocycles. The maximum atomic E-state index is 12.1. The number of carbonyl (C=O) groups is 1. The van der Waals surface area contributed by atoms with E-state index < -0.39 is 0 Å². The van der Waals surface area contributed by atoms with Gasteiger partial charge in [-0.1, -0.05) is 0 Å². The maximum Gasteiger partial charge on any atom is 0.241 e. The van der Waals surface area contributed by atoms with Crippen LogP contribution in [0.2, 0.25) is 0 Å². The summed E-state index contributed by atoms with van der Waals surface area (Å²) in [5.41, 5.74) is 2.75. The molecular weight excluding hydrogens is 284 g/mol. The average molecular weight is 306 g/mol. The van der Waals surface area contributed by atoms with Crippen molar-refractivity contribution in [2.75, 3.05) is 39.4 Å². The van der Waals surface area contributed by atoms with Crippen molar-refractivity contribution in [1.82, 2.24) is 29.8 Å². The van der Waals surface area contributed by atoms with Gasteiger partial charge in [0.05, 0.1) is 25.1 Å². The molecule has 120 valence electrons. The van der Waals surface area contributed by atoms with Crippen molar-refractivity contribution in [1.29, 1.82) is 0 Å². The quantitative estimate of drug-likeness (QED) is 0.808. The number of aryl methyl sites for hydroxylation is 2. The highest BCUT2D eigenvalue weighted by atomic mass is 16.5. The predicted octanol–water partition coefficient (Wildman–Crippen LogP) is -0.473. The smallest absolute Gasteiger partial charge is 0.241 e.